The average molecular weight is 348 g/mol. The van der Waals surface area contributed by atoms with Gasteiger partial charge in [-0.15, -0.1) is 0 Å². The molecule has 0 heterocycles. The van der Waals surface area contributed by atoms with E-state index in [4.69, 9.17) is 0 Å². The zero-order valence-corrected chi connectivity index (χ0v) is 13.6. The van der Waals surface area contributed by atoms with E-state index in [0.717, 1.165) is 18.4 Å². The maximum absolute atomic E-state index is 13.8. The van der Waals surface area contributed by atoms with Gasteiger partial charge < -0.3 is 5.32 Å². The second kappa shape index (κ2) is 6.29. The number of nitrogens with one attached hydrogen (secondary N) is 1. The number of hydrogen-bond acceptors (Lipinski definition) is 1. The summed E-state index contributed by atoms with van der Waals surface area (Å²) in [5.74, 6) is 0.477. The Morgan fingerprint density at radius 1 is 1.10 bits per heavy atom. The molecule has 2 aromatic rings. The second-order valence-electron chi connectivity index (χ2n) is 5.80. The van der Waals surface area contributed by atoms with Crippen LogP contribution in [-0.2, 0) is 0 Å². The summed E-state index contributed by atoms with van der Waals surface area (Å²) in [5, 5.41) is 3.54. The molecule has 1 aliphatic rings. The van der Waals surface area contributed by atoms with Crippen molar-refractivity contribution in [2.75, 3.05) is 0 Å². The van der Waals surface area contributed by atoms with E-state index >= 15 is 0 Å². The Balaban J connectivity index is 1.58. The minimum atomic E-state index is -0.126. The zero-order valence-electron chi connectivity index (χ0n) is 12.0. The lowest BCUT2D eigenvalue weighted by atomic mass is 9.75. The van der Waals surface area contributed by atoms with Crippen LogP contribution in [0.25, 0.3) is 0 Å². The van der Waals surface area contributed by atoms with E-state index in [-0.39, 0.29) is 11.9 Å². The van der Waals surface area contributed by atoms with Crippen LogP contribution in [0, 0.1) is 5.82 Å². The summed E-state index contributed by atoms with van der Waals surface area (Å²) < 4.78 is 15.0. The van der Waals surface area contributed by atoms with Crippen molar-refractivity contribution in [1.82, 2.24) is 5.32 Å². The molecule has 0 aromatic heterocycles. The third-order valence-electron chi connectivity index (χ3n) is 4.34. The van der Waals surface area contributed by atoms with Crippen molar-refractivity contribution in [2.24, 2.45) is 0 Å². The largest absolute Gasteiger partial charge is 0.307 e. The number of rotatable bonds is 4. The monoisotopic (exact) mass is 347 g/mol. The first kappa shape index (κ1) is 14.7. The summed E-state index contributed by atoms with van der Waals surface area (Å²) in [4.78, 5) is 0. The molecular formula is C18H19BrFN. The topological polar surface area (TPSA) is 12.0 Å². The molecule has 0 radical (unpaired) electrons. The molecule has 0 saturated heterocycles. The molecule has 0 bridgehead atoms. The van der Waals surface area contributed by atoms with E-state index in [1.54, 1.807) is 6.07 Å². The Morgan fingerprint density at radius 2 is 1.76 bits per heavy atom. The van der Waals surface area contributed by atoms with Crippen molar-refractivity contribution in [3.05, 3.63) is 69.9 Å². The molecule has 21 heavy (non-hydrogen) atoms. The predicted octanol–water partition coefficient (Wildman–Crippen LogP) is 5.19. The normalized spacial score (nSPS) is 22.6. The van der Waals surface area contributed by atoms with Gasteiger partial charge in [0.25, 0.3) is 0 Å². The first-order chi connectivity index (χ1) is 10.1. The van der Waals surface area contributed by atoms with Crippen molar-refractivity contribution in [3.63, 3.8) is 0 Å². The first-order valence-corrected chi connectivity index (χ1v) is 8.19. The number of hydrogen-bond donors (Lipinski definition) is 1. The van der Waals surface area contributed by atoms with Crippen LogP contribution in [0.2, 0.25) is 0 Å². The second-order valence-corrected chi connectivity index (χ2v) is 6.65. The van der Waals surface area contributed by atoms with E-state index in [2.05, 4.69) is 39.4 Å². The van der Waals surface area contributed by atoms with Crippen LogP contribution in [0.1, 0.15) is 42.9 Å². The molecule has 1 unspecified atom stereocenters. The Morgan fingerprint density at radius 3 is 2.48 bits per heavy atom. The van der Waals surface area contributed by atoms with Crippen molar-refractivity contribution in [3.8, 4) is 0 Å². The molecular weight excluding hydrogens is 329 g/mol. The van der Waals surface area contributed by atoms with Crippen molar-refractivity contribution in [2.45, 2.75) is 37.8 Å². The number of benzene rings is 2. The van der Waals surface area contributed by atoms with Crippen molar-refractivity contribution < 1.29 is 4.39 Å². The first-order valence-electron chi connectivity index (χ1n) is 7.40. The highest BCUT2D eigenvalue weighted by molar-refractivity contribution is 9.10. The van der Waals surface area contributed by atoms with Crippen LogP contribution in [-0.4, -0.2) is 6.04 Å². The van der Waals surface area contributed by atoms with Gasteiger partial charge in [-0.05, 0) is 43.4 Å². The standard InChI is InChI=1S/C18H19BrFN/c1-12(15-6-3-5-9-18(15)20)21-14-10-13(11-14)16-7-2-4-8-17(16)19/h2-9,12-14,21H,10-11H2,1H3. The van der Waals surface area contributed by atoms with Crippen LogP contribution < -0.4 is 5.32 Å². The van der Waals surface area contributed by atoms with Crippen LogP contribution in [0.5, 0.6) is 0 Å². The maximum atomic E-state index is 13.8. The quantitative estimate of drug-likeness (QED) is 0.802. The molecule has 0 spiro atoms. The molecule has 1 aliphatic carbocycles. The van der Waals surface area contributed by atoms with Crippen LogP contribution in [0.3, 0.4) is 0 Å². The van der Waals surface area contributed by atoms with E-state index in [0.29, 0.717) is 12.0 Å². The molecule has 0 aliphatic heterocycles. The van der Waals surface area contributed by atoms with E-state index in [1.807, 2.05) is 25.1 Å². The van der Waals surface area contributed by atoms with Gasteiger partial charge in [0.2, 0.25) is 0 Å². The van der Waals surface area contributed by atoms with E-state index in [9.17, 15) is 4.39 Å². The summed E-state index contributed by atoms with van der Waals surface area (Å²) in [6.45, 7) is 2.03. The predicted molar refractivity (Wildman–Crippen MR) is 87.9 cm³/mol. The van der Waals surface area contributed by atoms with Gasteiger partial charge in [-0.2, -0.15) is 0 Å². The highest BCUT2D eigenvalue weighted by Crippen LogP contribution is 2.40. The Kier molecular flexibility index (Phi) is 4.41. The fourth-order valence-corrected chi connectivity index (χ4v) is 3.69. The zero-order chi connectivity index (χ0) is 14.8. The summed E-state index contributed by atoms with van der Waals surface area (Å²) in [5.41, 5.74) is 2.14. The van der Waals surface area contributed by atoms with E-state index < -0.39 is 0 Å². The Bertz CT molecular complexity index is 622. The molecule has 1 fully saturated rings. The van der Waals surface area contributed by atoms with Gasteiger partial charge in [0, 0.05) is 22.1 Å². The van der Waals surface area contributed by atoms with Gasteiger partial charge in [-0.1, -0.05) is 52.3 Å². The van der Waals surface area contributed by atoms with Gasteiger partial charge in [0.05, 0.1) is 0 Å². The molecule has 1 nitrogen and oxygen atoms in total. The molecule has 2 aromatic carbocycles. The third-order valence-corrected chi connectivity index (χ3v) is 5.06. The average Bonchev–Trinajstić information content (AvgIpc) is 2.44. The summed E-state index contributed by atoms with van der Waals surface area (Å²) in [6, 6.07) is 15.9. The number of halogens is 2. The van der Waals surface area contributed by atoms with Gasteiger partial charge in [0.1, 0.15) is 5.82 Å². The molecule has 1 atom stereocenters. The minimum absolute atomic E-state index is 0.0522. The smallest absolute Gasteiger partial charge is 0.127 e. The van der Waals surface area contributed by atoms with E-state index in [1.165, 1.54) is 16.1 Å². The van der Waals surface area contributed by atoms with Crippen molar-refractivity contribution >= 4 is 15.9 Å². The molecule has 3 rings (SSSR count). The summed E-state index contributed by atoms with van der Waals surface area (Å²) >= 11 is 3.62. The summed E-state index contributed by atoms with van der Waals surface area (Å²) in [6.07, 6.45) is 2.23. The fraction of sp³-hybridized carbons (Fsp3) is 0.333. The van der Waals surface area contributed by atoms with Crippen LogP contribution in [0.15, 0.2) is 53.0 Å². The van der Waals surface area contributed by atoms with Gasteiger partial charge in [-0.3, -0.25) is 0 Å². The Labute approximate surface area is 133 Å². The van der Waals surface area contributed by atoms with Crippen LogP contribution in [0.4, 0.5) is 4.39 Å². The lowest BCUT2D eigenvalue weighted by molar-refractivity contribution is 0.268. The maximum Gasteiger partial charge on any atom is 0.127 e. The van der Waals surface area contributed by atoms with Crippen molar-refractivity contribution in [1.29, 1.82) is 0 Å². The molecule has 110 valence electrons. The Hall–Kier alpha value is -1.19. The highest BCUT2D eigenvalue weighted by atomic mass is 79.9. The molecule has 0 amide bonds. The van der Waals surface area contributed by atoms with Gasteiger partial charge in [-0.25, -0.2) is 4.39 Å². The molecule has 1 saturated carbocycles. The molecule has 3 heteroatoms. The summed E-state index contributed by atoms with van der Waals surface area (Å²) in [7, 11) is 0. The SMILES string of the molecule is CC(NC1CC(c2ccccc2Br)C1)c1ccccc1F. The fourth-order valence-electron chi connectivity index (χ4n) is 3.08. The highest BCUT2D eigenvalue weighted by Gasteiger charge is 2.32. The molecule has 1 N–H and O–H groups in total. The van der Waals surface area contributed by atoms with Gasteiger partial charge >= 0.3 is 0 Å². The van der Waals surface area contributed by atoms with Crippen LogP contribution >= 0.6 is 15.9 Å². The lowest BCUT2D eigenvalue weighted by Crippen LogP contribution is -2.41. The van der Waals surface area contributed by atoms with Gasteiger partial charge in [0.15, 0.2) is 0 Å². The lowest BCUT2D eigenvalue weighted by Gasteiger charge is -2.38. The minimum Gasteiger partial charge on any atom is -0.307 e. The third kappa shape index (κ3) is 3.19.